The van der Waals surface area contributed by atoms with Crippen molar-refractivity contribution in [3.63, 3.8) is 0 Å². The zero-order chi connectivity index (χ0) is 18.1. The van der Waals surface area contributed by atoms with Gasteiger partial charge in [0, 0.05) is 16.8 Å². The minimum absolute atomic E-state index is 0.0655. The van der Waals surface area contributed by atoms with Gasteiger partial charge < -0.3 is 4.90 Å². The van der Waals surface area contributed by atoms with Crippen LogP contribution in [-0.4, -0.2) is 16.4 Å². The summed E-state index contributed by atoms with van der Waals surface area (Å²) in [6.45, 7) is 2.06. The van der Waals surface area contributed by atoms with E-state index in [1.165, 1.54) is 0 Å². The van der Waals surface area contributed by atoms with E-state index in [0.29, 0.717) is 22.7 Å². The molecule has 2 aromatic carbocycles. The van der Waals surface area contributed by atoms with E-state index in [4.69, 9.17) is 11.6 Å². The van der Waals surface area contributed by atoms with Crippen molar-refractivity contribution < 1.29 is 9.59 Å². The number of rotatable bonds is 0. The summed E-state index contributed by atoms with van der Waals surface area (Å²) >= 11 is 6.17. The molecular weight excluding hydrogens is 348 g/mol. The standard InChI is InChI=1S/C21H17ClN2O2/c1-21-10-4-7-19(25)24(21)17-6-3-2-5-15(17)20(26)23-16-9-8-14(22)11-13(16)12-18(21)23/h2-3,5-6,8-9,11-12H,4,7,10H2,1H3. The van der Waals surface area contributed by atoms with Gasteiger partial charge in [-0.15, -0.1) is 0 Å². The van der Waals surface area contributed by atoms with Gasteiger partial charge in [-0.05, 0) is 56.2 Å². The number of carbonyl (C=O) groups excluding carboxylic acids is 2. The van der Waals surface area contributed by atoms with Crippen LogP contribution in [0.15, 0.2) is 48.5 Å². The van der Waals surface area contributed by atoms with Gasteiger partial charge in [0.1, 0.15) is 0 Å². The number of nitrogens with zero attached hydrogens (tertiary/aromatic N) is 2. The Kier molecular flexibility index (Phi) is 3.13. The van der Waals surface area contributed by atoms with Crippen LogP contribution in [0.2, 0.25) is 5.02 Å². The Labute approximate surface area is 156 Å². The van der Waals surface area contributed by atoms with Gasteiger partial charge in [0.25, 0.3) is 5.91 Å². The highest BCUT2D eigenvalue weighted by Gasteiger charge is 2.47. The van der Waals surface area contributed by atoms with Crippen molar-refractivity contribution in [1.82, 2.24) is 4.57 Å². The van der Waals surface area contributed by atoms with E-state index in [0.717, 1.165) is 29.4 Å². The first kappa shape index (κ1) is 15.6. The summed E-state index contributed by atoms with van der Waals surface area (Å²) in [5.41, 5.74) is 2.37. The third kappa shape index (κ3) is 1.91. The topological polar surface area (TPSA) is 42.3 Å². The van der Waals surface area contributed by atoms with Crippen LogP contribution in [0.1, 0.15) is 42.2 Å². The summed E-state index contributed by atoms with van der Waals surface area (Å²) in [5, 5.41) is 1.55. The predicted octanol–water partition coefficient (Wildman–Crippen LogP) is 4.73. The van der Waals surface area contributed by atoms with Crippen molar-refractivity contribution in [2.75, 3.05) is 4.90 Å². The number of amides is 1. The fourth-order valence-corrected chi connectivity index (χ4v) is 4.68. The zero-order valence-electron chi connectivity index (χ0n) is 14.3. The number of benzene rings is 2. The van der Waals surface area contributed by atoms with Crippen molar-refractivity contribution in [3.05, 3.63) is 64.8 Å². The molecule has 0 bridgehead atoms. The molecule has 1 amide bonds. The molecule has 1 aromatic heterocycles. The van der Waals surface area contributed by atoms with Crippen LogP contribution in [0.3, 0.4) is 0 Å². The van der Waals surface area contributed by atoms with Crippen molar-refractivity contribution in [2.24, 2.45) is 0 Å². The summed E-state index contributed by atoms with van der Waals surface area (Å²) in [6, 6.07) is 15.0. The van der Waals surface area contributed by atoms with Crippen molar-refractivity contribution in [1.29, 1.82) is 0 Å². The number of aromatic nitrogens is 1. The monoisotopic (exact) mass is 364 g/mol. The maximum absolute atomic E-state index is 13.5. The highest BCUT2D eigenvalue weighted by atomic mass is 35.5. The molecule has 0 spiro atoms. The molecule has 3 heterocycles. The Hall–Kier alpha value is -2.59. The van der Waals surface area contributed by atoms with Crippen LogP contribution in [0.4, 0.5) is 5.69 Å². The summed E-state index contributed by atoms with van der Waals surface area (Å²) in [4.78, 5) is 28.2. The molecule has 0 saturated carbocycles. The smallest absolute Gasteiger partial charge is 0.264 e. The van der Waals surface area contributed by atoms with Crippen LogP contribution in [0, 0.1) is 0 Å². The second-order valence-corrected chi connectivity index (χ2v) is 7.68. The predicted molar refractivity (Wildman–Crippen MR) is 102 cm³/mol. The molecule has 1 unspecified atom stereocenters. The minimum Gasteiger partial charge on any atom is -0.300 e. The Morgan fingerprint density at radius 1 is 1.08 bits per heavy atom. The van der Waals surface area contributed by atoms with Crippen LogP contribution in [0.5, 0.6) is 0 Å². The largest absolute Gasteiger partial charge is 0.300 e. The molecule has 1 fully saturated rings. The Morgan fingerprint density at radius 3 is 2.73 bits per heavy atom. The number of hydrogen-bond acceptors (Lipinski definition) is 2. The molecule has 0 N–H and O–H groups in total. The first-order valence-electron chi connectivity index (χ1n) is 8.79. The number of anilines is 1. The van der Waals surface area contributed by atoms with E-state index < -0.39 is 5.54 Å². The van der Waals surface area contributed by atoms with E-state index >= 15 is 0 Å². The Balaban J connectivity index is 1.93. The molecule has 1 saturated heterocycles. The fourth-order valence-electron chi connectivity index (χ4n) is 4.50. The van der Waals surface area contributed by atoms with Gasteiger partial charge in [0.05, 0.1) is 28.0 Å². The van der Waals surface area contributed by atoms with Gasteiger partial charge in [-0.2, -0.15) is 0 Å². The average molecular weight is 365 g/mol. The summed E-state index contributed by atoms with van der Waals surface area (Å²) in [5.74, 6) is -0.0351. The SMILES string of the molecule is CC12CCCC(=O)N1c1ccccc1C(=O)n1c2cc2cc(Cl)ccc21. The molecule has 26 heavy (non-hydrogen) atoms. The van der Waals surface area contributed by atoms with E-state index in [9.17, 15) is 9.59 Å². The average Bonchev–Trinajstić information content (AvgIpc) is 2.97. The summed E-state index contributed by atoms with van der Waals surface area (Å²) < 4.78 is 1.77. The third-order valence-electron chi connectivity index (χ3n) is 5.69. The normalized spacial score (nSPS) is 22.0. The lowest BCUT2D eigenvalue weighted by atomic mass is 9.84. The van der Waals surface area contributed by atoms with Crippen LogP contribution >= 0.6 is 11.6 Å². The maximum atomic E-state index is 13.5. The number of para-hydroxylation sites is 1. The lowest BCUT2D eigenvalue weighted by molar-refractivity contribution is -0.121. The van der Waals surface area contributed by atoms with E-state index in [2.05, 4.69) is 6.92 Å². The third-order valence-corrected chi connectivity index (χ3v) is 5.93. The highest BCUT2D eigenvalue weighted by Crippen LogP contribution is 2.46. The molecule has 5 heteroatoms. The second-order valence-electron chi connectivity index (χ2n) is 7.25. The quantitative estimate of drug-likeness (QED) is 0.578. The lowest BCUT2D eigenvalue weighted by Crippen LogP contribution is -2.51. The zero-order valence-corrected chi connectivity index (χ0v) is 15.1. The van der Waals surface area contributed by atoms with Crippen molar-refractivity contribution in [3.8, 4) is 0 Å². The molecule has 0 radical (unpaired) electrons. The molecule has 0 aliphatic carbocycles. The molecule has 3 aromatic rings. The number of hydrogen-bond donors (Lipinski definition) is 0. The molecule has 130 valence electrons. The Bertz CT molecular complexity index is 1100. The maximum Gasteiger partial charge on any atom is 0.264 e. The van der Waals surface area contributed by atoms with E-state index in [1.54, 1.807) is 16.7 Å². The van der Waals surface area contributed by atoms with Crippen LogP contribution < -0.4 is 4.90 Å². The molecule has 2 aliphatic heterocycles. The summed E-state index contributed by atoms with van der Waals surface area (Å²) in [6.07, 6.45) is 2.12. The van der Waals surface area contributed by atoms with Gasteiger partial charge in [-0.1, -0.05) is 23.7 Å². The molecule has 2 aliphatic rings. The minimum atomic E-state index is -0.566. The number of piperidine rings is 1. The lowest BCUT2D eigenvalue weighted by Gasteiger charge is -2.44. The second kappa shape index (κ2) is 5.21. The van der Waals surface area contributed by atoms with E-state index in [-0.39, 0.29) is 11.8 Å². The number of carbonyl (C=O) groups is 2. The number of fused-ring (bicyclic) bond motifs is 7. The van der Waals surface area contributed by atoms with Crippen LogP contribution in [-0.2, 0) is 10.3 Å². The Morgan fingerprint density at radius 2 is 1.88 bits per heavy atom. The highest BCUT2D eigenvalue weighted by molar-refractivity contribution is 6.31. The van der Waals surface area contributed by atoms with Gasteiger partial charge in [-0.25, -0.2) is 0 Å². The van der Waals surface area contributed by atoms with Crippen molar-refractivity contribution in [2.45, 2.75) is 31.7 Å². The summed E-state index contributed by atoms with van der Waals surface area (Å²) in [7, 11) is 0. The van der Waals surface area contributed by atoms with Crippen LogP contribution in [0.25, 0.3) is 10.9 Å². The molecule has 4 nitrogen and oxygen atoms in total. The first-order chi connectivity index (χ1) is 12.5. The van der Waals surface area contributed by atoms with E-state index in [1.807, 2.05) is 41.3 Å². The molecule has 5 rings (SSSR count). The molecule has 1 atom stereocenters. The van der Waals surface area contributed by atoms with Gasteiger partial charge in [0.2, 0.25) is 5.91 Å². The van der Waals surface area contributed by atoms with Gasteiger partial charge >= 0.3 is 0 Å². The van der Waals surface area contributed by atoms with Crippen molar-refractivity contribution >= 4 is 40.0 Å². The number of halogens is 1. The van der Waals surface area contributed by atoms with Gasteiger partial charge in [-0.3, -0.25) is 14.2 Å². The fraction of sp³-hybridized carbons (Fsp3) is 0.238. The van der Waals surface area contributed by atoms with Gasteiger partial charge in [0.15, 0.2) is 0 Å². The first-order valence-corrected chi connectivity index (χ1v) is 9.17. The molecular formula is C21H17ClN2O2.